The third-order valence-corrected chi connectivity index (χ3v) is 15.6. The fourth-order valence-electron chi connectivity index (χ4n) is 12.7. The van der Waals surface area contributed by atoms with E-state index in [1.54, 1.807) is 0 Å². The van der Waals surface area contributed by atoms with Crippen molar-refractivity contribution in [3.63, 3.8) is 0 Å². The van der Waals surface area contributed by atoms with Gasteiger partial charge in [-0.25, -0.2) is 0 Å². The zero-order valence-electron chi connectivity index (χ0n) is 32.9. The molecule has 0 aromatic rings. The van der Waals surface area contributed by atoms with Gasteiger partial charge in [0.25, 0.3) is 0 Å². The minimum Gasteiger partial charge on any atom is -0.456 e. The van der Waals surface area contributed by atoms with Crippen molar-refractivity contribution in [2.45, 2.75) is 164 Å². The largest absolute Gasteiger partial charge is 0.456 e. The van der Waals surface area contributed by atoms with E-state index in [4.69, 9.17) is 23.7 Å². The first-order valence-electron chi connectivity index (χ1n) is 19.4. The second kappa shape index (κ2) is 13.1. The van der Waals surface area contributed by atoms with Crippen LogP contribution in [0.2, 0.25) is 0 Å². The molecule has 0 radical (unpaired) electrons. The highest BCUT2D eigenvalue weighted by atomic mass is 16.7. The molecule has 0 bridgehead atoms. The quantitative estimate of drug-likeness (QED) is 0.200. The molecule has 1 heterocycles. The van der Waals surface area contributed by atoms with Crippen molar-refractivity contribution in [1.82, 2.24) is 0 Å². The molecular formula is C41H62O11. The molecule has 1 saturated heterocycles. The van der Waals surface area contributed by atoms with Crippen molar-refractivity contribution < 1.29 is 53.1 Å². The normalized spacial score (nSPS) is 46.1. The lowest BCUT2D eigenvalue weighted by Crippen LogP contribution is -2.68. The highest BCUT2D eigenvalue weighted by Gasteiger charge is 2.71. The van der Waals surface area contributed by atoms with Gasteiger partial charge in [0.2, 0.25) is 12.4 Å². The van der Waals surface area contributed by atoms with Gasteiger partial charge in [0.15, 0.2) is 12.2 Å². The van der Waals surface area contributed by atoms with Crippen LogP contribution in [0.4, 0.5) is 0 Å². The Labute approximate surface area is 308 Å². The number of rotatable bonds is 5. The highest BCUT2D eigenvalue weighted by Crippen LogP contribution is 2.75. The topological polar surface area (TPSA) is 155 Å². The molecule has 2 N–H and O–H groups in total. The number of allylic oxidation sites excluding steroid dienone is 2. The lowest BCUT2D eigenvalue weighted by molar-refractivity contribution is -0.282. The van der Waals surface area contributed by atoms with E-state index in [0.29, 0.717) is 37.5 Å². The Morgan fingerprint density at radius 3 is 2.00 bits per heavy atom. The first-order valence-corrected chi connectivity index (χ1v) is 19.4. The summed E-state index contributed by atoms with van der Waals surface area (Å²) in [5.74, 6) is -2.28. The third kappa shape index (κ3) is 5.94. The Bertz CT molecular complexity index is 1500. The van der Waals surface area contributed by atoms with Gasteiger partial charge in [-0.1, -0.05) is 60.1 Å². The van der Waals surface area contributed by atoms with E-state index in [-0.39, 0.29) is 45.7 Å². The molecule has 11 heteroatoms. The standard InChI is InChI=1S/C41H62O11/c1-22(42)49-27-21-48-34(33(51-24(3)44)32(27)50-23(2)43)52-35(47)41-18-17-36(4,5)19-26(41)25-11-12-29-38(8)15-14-30(45)37(6,7)28(38)13-16-39(29,9)40(25,10)20-31(41)46/h11,26-34,45-46H,12-21H2,1-10H3/t26-,27+,28-,29+,30-,31?,32?,33?,34+,38-,39+,40+,41+/m0/s1. The van der Waals surface area contributed by atoms with Gasteiger partial charge in [0, 0.05) is 20.8 Å². The van der Waals surface area contributed by atoms with Crippen LogP contribution in [0.1, 0.15) is 127 Å². The Morgan fingerprint density at radius 2 is 1.37 bits per heavy atom. The van der Waals surface area contributed by atoms with E-state index in [1.165, 1.54) is 26.3 Å². The molecule has 0 aromatic heterocycles. The average Bonchev–Trinajstić information content (AvgIpc) is 3.01. The van der Waals surface area contributed by atoms with Crippen LogP contribution in [0.3, 0.4) is 0 Å². The van der Waals surface area contributed by atoms with Crippen molar-refractivity contribution in [3.8, 4) is 0 Å². The zero-order valence-corrected chi connectivity index (χ0v) is 32.9. The summed E-state index contributed by atoms with van der Waals surface area (Å²) in [5.41, 5.74) is -0.840. The maximum atomic E-state index is 14.9. The zero-order chi connectivity index (χ0) is 38.4. The highest BCUT2D eigenvalue weighted by molar-refractivity contribution is 5.80. The van der Waals surface area contributed by atoms with Crippen molar-refractivity contribution in [3.05, 3.63) is 11.6 Å². The summed E-state index contributed by atoms with van der Waals surface area (Å²) >= 11 is 0. The van der Waals surface area contributed by atoms with Crippen LogP contribution in [-0.2, 0) is 42.9 Å². The van der Waals surface area contributed by atoms with Crippen molar-refractivity contribution in [2.24, 2.45) is 50.2 Å². The van der Waals surface area contributed by atoms with E-state index >= 15 is 0 Å². The monoisotopic (exact) mass is 730 g/mol. The maximum absolute atomic E-state index is 14.9. The predicted molar refractivity (Wildman–Crippen MR) is 189 cm³/mol. The second-order valence-corrected chi connectivity index (χ2v) is 19.3. The summed E-state index contributed by atoms with van der Waals surface area (Å²) in [6.07, 6.45) is 2.57. The van der Waals surface area contributed by atoms with Gasteiger partial charge in [-0.05, 0) is 103 Å². The molecule has 0 aromatic carbocycles. The van der Waals surface area contributed by atoms with Crippen LogP contribution in [0.25, 0.3) is 0 Å². The maximum Gasteiger partial charge on any atom is 0.317 e. The van der Waals surface area contributed by atoms with Gasteiger partial charge in [-0.15, -0.1) is 0 Å². The van der Waals surface area contributed by atoms with Crippen molar-refractivity contribution >= 4 is 23.9 Å². The van der Waals surface area contributed by atoms with Gasteiger partial charge >= 0.3 is 23.9 Å². The molecule has 5 fully saturated rings. The average molecular weight is 731 g/mol. The summed E-state index contributed by atoms with van der Waals surface area (Å²) in [6.45, 7) is 19.4. The van der Waals surface area contributed by atoms with Crippen LogP contribution in [-0.4, -0.2) is 77.5 Å². The molecule has 6 aliphatic rings. The third-order valence-electron chi connectivity index (χ3n) is 15.6. The number of aliphatic hydroxyl groups excluding tert-OH is 2. The fraction of sp³-hybridized carbons (Fsp3) is 0.854. The van der Waals surface area contributed by atoms with Crippen LogP contribution in [0.5, 0.6) is 0 Å². The number of ether oxygens (including phenoxy) is 5. The Kier molecular flexibility index (Phi) is 9.85. The smallest absolute Gasteiger partial charge is 0.317 e. The van der Waals surface area contributed by atoms with Crippen LogP contribution >= 0.6 is 0 Å². The van der Waals surface area contributed by atoms with E-state index in [0.717, 1.165) is 32.1 Å². The van der Waals surface area contributed by atoms with Crippen LogP contribution < -0.4 is 0 Å². The Morgan fingerprint density at radius 1 is 0.731 bits per heavy atom. The molecule has 6 rings (SSSR count). The molecule has 292 valence electrons. The molecule has 11 nitrogen and oxygen atoms in total. The number of hydrogen-bond acceptors (Lipinski definition) is 11. The lowest BCUT2D eigenvalue weighted by atomic mass is 9.33. The van der Waals surface area contributed by atoms with Gasteiger partial charge in [0.05, 0.1) is 18.8 Å². The minimum atomic E-state index is -1.47. The SMILES string of the molecule is CC(=O)OC1C(OC(C)=O)[C@H](OC(C)=O)CO[C@@H]1OC(=O)[C@]12CCC(C)(C)C[C@H]1C1=CC[C@@H]3[C@@]4(C)CC[C@H](O)C(C)(C)[C@@H]4CC[C@@]3(C)[C@]1(C)CC2O. The van der Waals surface area contributed by atoms with E-state index in [9.17, 15) is 29.4 Å². The number of hydrogen-bond donors (Lipinski definition) is 2. The molecule has 3 unspecified atom stereocenters. The van der Waals surface area contributed by atoms with Crippen LogP contribution in [0.15, 0.2) is 11.6 Å². The summed E-state index contributed by atoms with van der Waals surface area (Å²) in [4.78, 5) is 51.3. The number of fused-ring (bicyclic) bond motifs is 7. The molecule has 5 aliphatic carbocycles. The van der Waals surface area contributed by atoms with E-state index in [2.05, 4.69) is 54.5 Å². The van der Waals surface area contributed by atoms with Gasteiger partial charge in [-0.3, -0.25) is 19.2 Å². The molecule has 4 saturated carbocycles. The van der Waals surface area contributed by atoms with Crippen molar-refractivity contribution in [2.75, 3.05) is 6.61 Å². The molecule has 13 atom stereocenters. The Hall–Kier alpha value is -2.50. The lowest BCUT2D eigenvalue weighted by Gasteiger charge is -2.71. The van der Waals surface area contributed by atoms with Crippen molar-refractivity contribution in [1.29, 1.82) is 0 Å². The van der Waals surface area contributed by atoms with Gasteiger partial charge < -0.3 is 33.9 Å². The first kappa shape index (κ1) is 39.2. The number of carbonyl (C=O) groups is 4. The molecule has 52 heavy (non-hydrogen) atoms. The molecule has 0 spiro atoms. The summed E-state index contributed by atoms with van der Waals surface area (Å²) in [6, 6.07) is 0. The number of esters is 4. The predicted octanol–water partition coefficient (Wildman–Crippen LogP) is 5.81. The van der Waals surface area contributed by atoms with E-state index < -0.39 is 60.0 Å². The molecule has 1 aliphatic heterocycles. The van der Waals surface area contributed by atoms with E-state index in [1.807, 2.05) is 0 Å². The van der Waals surface area contributed by atoms with Gasteiger partial charge in [-0.2, -0.15) is 0 Å². The van der Waals surface area contributed by atoms with Crippen LogP contribution in [0, 0.1) is 50.2 Å². The second-order valence-electron chi connectivity index (χ2n) is 19.3. The number of carbonyl (C=O) groups excluding carboxylic acids is 4. The Balaban J connectivity index is 1.37. The van der Waals surface area contributed by atoms with Gasteiger partial charge in [0.1, 0.15) is 5.41 Å². The summed E-state index contributed by atoms with van der Waals surface area (Å²) < 4.78 is 28.5. The minimum absolute atomic E-state index is 0.0253. The number of aliphatic hydroxyl groups is 2. The fourth-order valence-corrected chi connectivity index (χ4v) is 12.7. The molecular weight excluding hydrogens is 668 g/mol. The summed E-state index contributed by atoms with van der Waals surface area (Å²) in [7, 11) is 0. The molecule has 0 amide bonds. The first-order chi connectivity index (χ1) is 24.0. The summed E-state index contributed by atoms with van der Waals surface area (Å²) in [5, 5.41) is 23.7.